The molecule has 90 valence electrons. The van der Waals surface area contributed by atoms with Crippen LogP contribution in [0.4, 0.5) is 0 Å². The summed E-state index contributed by atoms with van der Waals surface area (Å²) in [6.45, 7) is 4.89. The highest BCUT2D eigenvalue weighted by Gasteiger charge is 2.14. The van der Waals surface area contributed by atoms with Crippen LogP contribution in [0.15, 0.2) is 6.07 Å². The Hall–Kier alpha value is -0.870. The van der Waals surface area contributed by atoms with E-state index in [0.29, 0.717) is 6.10 Å². The third kappa shape index (κ3) is 2.83. The fourth-order valence-corrected chi connectivity index (χ4v) is 2.08. The second-order valence-electron chi connectivity index (χ2n) is 4.37. The second kappa shape index (κ2) is 5.46. The van der Waals surface area contributed by atoms with Gasteiger partial charge in [-0.3, -0.25) is 4.68 Å². The molecule has 0 aliphatic carbocycles. The van der Waals surface area contributed by atoms with Crippen LogP contribution < -0.4 is 5.32 Å². The molecule has 4 heteroatoms. The normalized spacial score (nSPS) is 20.5. The molecule has 4 nitrogen and oxygen atoms in total. The molecule has 0 amide bonds. The zero-order valence-electron chi connectivity index (χ0n) is 10.2. The average molecular weight is 223 g/mol. The molecule has 16 heavy (non-hydrogen) atoms. The van der Waals surface area contributed by atoms with Crippen LogP contribution in [-0.4, -0.2) is 29.0 Å². The van der Waals surface area contributed by atoms with E-state index >= 15 is 0 Å². The minimum absolute atomic E-state index is 0.416. The van der Waals surface area contributed by atoms with Gasteiger partial charge in [-0.1, -0.05) is 6.92 Å². The standard InChI is InChI=1S/C12H21N3O/c1-3-10-7-11(15(2)14-10)8-13-9-12-5-4-6-16-12/h7,12-13H,3-6,8-9H2,1-2H3. The van der Waals surface area contributed by atoms with Crippen LogP contribution in [0, 0.1) is 0 Å². The molecule has 0 saturated carbocycles. The van der Waals surface area contributed by atoms with Crippen molar-refractivity contribution in [2.24, 2.45) is 7.05 Å². The Bertz CT molecular complexity index is 329. The van der Waals surface area contributed by atoms with E-state index < -0.39 is 0 Å². The lowest BCUT2D eigenvalue weighted by atomic mass is 10.2. The highest BCUT2D eigenvalue weighted by Crippen LogP contribution is 2.11. The van der Waals surface area contributed by atoms with Crippen LogP contribution in [0.3, 0.4) is 0 Å². The summed E-state index contributed by atoms with van der Waals surface area (Å²) >= 11 is 0. The molecule has 0 aromatic carbocycles. The highest BCUT2D eigenvalue weighted by molar-refractivity contribution is 5.09. The maximum absolute atomic E-state index is 5.56. The van der Waals surface area contributed by atoms with Gasteiger partial charge in [0.15, 0.2) is 0 Å². The predicted octanol–water partition coefficient (Wildman–Crippen LogP) is 1.25. The zero-order valence-corrected chi connectivity index (χ0v) is 10.2. The molecule has 0 bridgehead atoms. The molecule has 0 radical (unpaired) electrons. The summed E-state index contributed by atoms with van der Waals surface area (Å²) in [7, 11) is 2.00. The first-order chi connectivity index (χ1) is 7.79. The first-order valence-electron chi connectivity index (χ1n) is 6.13. The van der Waals surface area contributed by atoms with Crippen LogP contribution in [-0.2, 0) is 24.8 Å². The molecule has 1 atom stereocenters. The van der Waals surface area contributed by atoms with Crippen LogP contribution in [0.5, 0.6) is 0 Å². The number of nitrogens with zero attached hydrogens (tertiary/aromatic N) is 2. The summed E-state index contributed by atoms with van der Waals surface area (Å²) in [4.78, 5) is 0. The van der Waals surface area contributed by atoms with Crippen molar-refractivity contribution in [3.63, 3.8) is 0 Å². The van der Waals surface area contributed by atoms with Crippen LogP contribution in [0.25, 0.3) is 0 Å². The Kier molecular flexibility index (Phi) is 3.96. The quantitative estimate of drug-likeness (QED) is 0.816. The number of aryl methyl sites for hydroxylation is 2. The van der Waals surface area contributed by atoms with Crippen molar-refractivity contribution in [1.82, 2.24) is 15.1 Å². The van der Waals surface area contributed by atoms with Gasteiger partial charge >= 0.3 is 0 Å². The lowest BCUT2D eigenvalue weighted by molar-refractivity contribution is 0.110. The van der Waals surface area contributed by atoms with Crippen molar-refractivity contribution in [2.45, 2.75) is 38.8 Å². The van der Waals surface area contributed by atoms with E-state index in [9.17, 15) is 0 Å². The predicted molar refractivity (Wildman–Crippen MR) is 63.3 cm³/mol. The number of hydrogen-bond acceptors (Lipinski definition) is 3. The molecule has 1 unspecified atom stereocenters. The molecule has 1 aromatic heterocycles. The molecular weight excluding hydrogens is 202 g/mol. The van der Waals surface area contributed by atoms with E-state index in [-0.39, 0.29) is 0 Å². The van der Waals surface area contributed by atoms with E-state index in [1.807, 2.05) is 11.7 Å². The molecular formula is C12H21N3O. The SMILES string of the molecule is CCc1cc(CNCC2CCCO2)n(C)n1. The third-order valence-corrected chi connectivity index (χ3v) is 3.09. The van der Waals surface area contributed by atoms with E-state index in [4.69, 9.17) is 4.74 Å². The third-order valence-electron chi connectivity index (χ3n) is 3.09. The Morgan fingerprint density at radius 3 is 3.12 bits per heavy atom. The van der Waals surface area contributed by atoms with Crippen molar-refractivity contribution in [1.29, 1.82) is 0 Å². The number of rotatable bonds is 5. The van der Waals surface area contributed by atoms with Gasteiger partial charge in [-0.25, -0.2) is 0 Å². The number of nitrogens with one attached hydrogen (secondary N) is 1. The number of ether oxygens (including phenoxy) is 1. The van der Waals surface area contributed by atoms with E-state index in [2.05, 4.69) is 23.4 Å². The molecule has 1 aromatic rings. The monoisotopic (exact) mass is 223 g/mol. The van der Waals surface area contributed by atoms with Gasteiger partial charge in [-0.05, 0) is 25.3 Å². The van der Waals surface area contributed by atoms with Crippen LogP contribution in [0.1, 0.15) is 31.2 Å². The summed E-state index contributed by atoms with van der Waals surface area (Å²) < 4.78 is 7.52. The summed E-state index contributed by atoms with van der Waals surface area (Å²) in [5.41, 5.74) is 2.41. The Morgan fingerprint density at radius 2 is 2.50 bits per heavy atom. The first kappa shape index (κ1) is 11.6. The van der Waals surface area contributed by atoms with Gasteiger partial charge in [-0.15, -0.1) is 0 Å². The van der Waals surface area contributed by atoms with Crippen molar-refractivity contribution in [3.05, 3.63) is 17.5 Å². The zero-order chi connectivity index (χ0) is 11.4. The first-order valence-corrected chi connectivity index (χ1v) is 6.13. The minimum Gasteiger partial charge on any atom is -0.377 e. The van der Waals surface area contributed by atoms with Gasteiger partial charge in [0.25, 0.3) is 0 Å². The lowest BCUT2D eigenvalue weighted by Crippen LogP contribution is -2.26. The lowest BCUT2D eigenvalue weighted by Gasteiger charge is -2.10. The second-order valence-corrected chi connectivity index (χ2v) is 4.37. The summed E-state index contributed by atoms with van der Waals surface area (Å²) in [6, 6.07) is 2.17. The van der Waals surface area contributed by atoms with Gasteiger partial charge in [0.05, 0.1) is 17.5 Å². The Balaban J connectivity index is 1.77. The van der Waals surface area contributed by atoms with E-state index in [1.54, 1.807) is 0 Å². The number of aromatic nitrogens is 2. The van der Waals surface area contributed by atoms with Crippen LogP contribution >= 0.6 is 0 Å². The van der Waals surface area contributed by atoms with Crippen LogP contribution in [0.2, 0.25) is 0 Å². The smallest absolute Gasteiger partial charge is 0.0700 e. The topological polar surface area (TPSA) is 39.1 Å². The van der Waals surface area contributed by atoms with Gasteiger partial charge in [-0.2, -0.15) is 5.10 Å². The van der Waals surface area contributed by atoms with Gasteiger partial charge in [0, 0.05) is 26.7 Å². The van der Waals surface area contributed by atoms with Gasteiger partial charge in [0.1, 0.15) is 0 Å². The Labute approximate surface area is 97.0 Å². The van der Waals surface area contributed by atoms with E-state index in [1.165, 1.54) is 18.5 Å². The maximum atomic E-state index is 5.56. The Morgan fingerprint density at radius 1 is 1.62 bits per heavy atom. The van der Waals surface area contributed by atoms with Gasteiger partial charge in [0.2, 0.25) is 0 Å². The molecule has 2 rings (SSSR count). The maximum Gasteiger partial charge on any atom is 0.0700 e. The summed E-state index contributed by atoms with van der Waals surface area (Å²) in [5.74, 6) is 0. The van der Waals surface area contributed by atoms with Crippen molar-refractivity contribution in [2.75, 3.05) is 13.2 Å². The average Bonchev–Trinajstić information content (AvgIpc) is 2.89. The molecule has 1 aliphatic heterocycles. The fourth-order valence-electron chi connectivity index (χ4n) is 2.08. The molecule has 1 saturated heterocycles. The summed E-state index contributed by atoms with van der Waals surface area (Å²) in [6.07, 6.45) is 3.81. The molecule has 1 fully saturated rings. The molecule has 2 heterocycles. The van der Waals surface area contributed by atoms with Crippen molar-refractivity contribution >= 4 is 0 Å². The van der Waals surface area contributed by atoms with Crippen molar-refractivity contribution < 1.29 is 4.74 Å². The molecule has 0 spiro atoms. The summed E-state index contributed by atoms with van der Waals surface area (Å²) in [5, 5.41) is 7.86. The van der Waals surface area contributed by atoms with E-state index in [0.717, 1.165) is 31.8 Å². The largest absolute Gasteiger partial charge is 0.377 e. The molecule has 1 aliphatic rings. The van der Waals surface area contributed by atoms with Gasteiger partial charge < -0.3 is 10.1 Å². The molecule has 1 N–H and O–H groups in total. The number of hydrogen-bond donors (Lipinski definition) is 1. The fraction of sp³-hybridized carbons (Fsp3) is 0.750. The minimum atomic E-state index is 0.416. The van der Waals surface area contributed by atoms with Crippen molar-refractivity contribution in [3.8, 4) is 0 Å². The highest BCUT2D eigenvalue weighted by atomic mass is 16.5.